The number of urea groups is 1. The Morgan fingerprint density at radius 3 is 2.72 bits per heavy atom. The number of methoxy groups -OCH3 is 1. The van der Waals surface area contributed by atoms with E-state index in [-0.39, 0.29) is 12.1 Å². The minimum atomic E-state index is -0.217. The first kappa shape index (κ1) is 22.4. The van der Waals surface area contributed by atoms with Crippen LogP contribution in [0.25, 0.3) is 5.00 Å². The Labute approximate surface area is 194 Å². The molecule has 1 aromatic carbocycles. The van der Waals surface area contributed by atoms with Gasteiger partial charge in [-0.05, 0) is 61.7 Å². The van der Waals surface area contributed by atoms with E-state index >= 15 is 0 Å². The number of anilines is 1. The van der Waals surface area contributed by atoms with Gasteiger partial charge >= 0.3 is 6.03 Å². The Morgan fingerprint density at radius 1 is 1.25 bits per heavy atom. The summed E-state index contributed by atoms with van der Waals surface area (Å²) in [6, 6.07) is 9.58. The fraction of sp³-hybridized carbons (Fsp3) is 0.400. The van der Waals surface area contributed by atoms with Crippen LogP contribution in [0.15, 0.2) is 42.7 Å². The lowest BCUT2D eigenvalue weighted by Crippen LogP contribution is -2.34. The van der Waals surface area contributed by atoms with Gasteiger partial charge in [-0.3, -0.25) is 4.90 Å². The zero-order valence-electron chi connectivity index (χ0n) is 19.3. The molecular formula is C25H32N4O2S. The number of hydrogen-bond acceptors (Lipinski definition) is 4. The van der Waals surface area contributed by atoms with Gasteiger partial charge in [-0.25, -0.2) is 4.79 Å². The molecule has 1 aliphatic heterocycles. The van der Waals surface area contributed by atoms with Crippen molar-refractivity contribution in [3.63, 3.8) is 0 Å². The molecule has 6 nitrogen and oxygen atoms in total. The largest absolute Gasteiger partial charge is 0.495 e. The van der Waals surface area contributed by atoms with Crippen molar-refractivity contribution in [1.29, 1.82) is 0 Å². The number of likely N-dealkylation sites (N-methyl/N-ethyl adjacent to an activating group) is 1. The van der Waals surface area contributed by atoms with Crippen LogP contribution < -0.4 is 15.4 Å². The molecule has 0 spiro atoms. The van der Waals surface area contributed by atoms with Gasteiger partial charge < -0.3 is 19.9 Å². The number of thiophene rings is 1. The van der Waals surface area contributed by atoms with Crippen molar-refractivity contribution in [3.8, 4) is 10.8 Å². The Balaban J connectivity index is 1.63. The third-order valence-electron chi connectivity index (χ3n) is 6.11. The molecule has 1 aliphatic rings. The molecule has 0 aliphatic carbocycles. The van der Waals surface area contributed by atoms with Gasteiger partial charge in [-0.15, -0.1) is 11.3 Å². The van der Waals surface area contributed by atoms with Gasteiger partial charge in [-0.2, -0.15) is 0 Å². The lowest BCUT2D eigenvalue weighted by molar-refractivity contribution is 0.247. The monoisotopic (exact) mass is 452 g/mol. The van der Waals surface area contributed by atoms with Crippen LogP contribution in [0.4, 0.5) is 10.5 Å². The molecule has 7 heteroatoms. The third-order valence-corrected chi connectivity index (χ3v) is 7.35. The highest BCUT2D eigenvalue weighted by Gasteiger charge is 2.29. The summed E-state index contributed by atoms with van der Waals surface area (Å²) in [6.45, 7) is 9.44. The molecule has 0 bridgehead atoms. The average Bonchev–Trinajstić information content (AvgIpc) is 3.45. The smallest absolute Gasteiger partial charge is 0.319 e. The maximum Gasteiger partial charge on any atom is 0.319 e. The number of nitrogens with one attached hydrogen (secondary N) is 2. The summed E-state index contributed by atoms with van der Waals surface area (Å²) in [6.07, 6.45) is 6.00. The second kappa shape index (κ2) is 9.79. The fourth-order valence-corrected chi connectivity index (χ4v) is 5.79. The normalized spacial score (nSPS) is 14.6. The minimum absolute atomic E-state index is 0.0728. The summed E-state index contributed by atoms with van der Waals surface area (Å²) in [7, 11) is 1.61. The second-order valence-electron chi connectivity index (χ2n) is 8.19. The summed E-state index contributed by atoms with van der Waals surface area (Å²) in [4.78, 5) is 16.9. The van der Waals surface area contributed by atoms with E-state index in [1.807, 2.05) is 48.6 Å². The van der Waals surface area contributed by atoms with Crippen LogP contribution >= 0.6 is 11.3 Å². The van der Waals surface area contributed by atoms with Crippen LogP contribution in [0.3, 0.4) is 0 Å². The Morgan fingerprint density at radius 2 is 2.03 bits per heavy atom. The summed E-state index contributed by atoms with van der Waals surface area (Å²) in [5, 5.41) is 7.44. The van der Waals surface area contributed by atoms with Crippen LogP contribution in [-0.4, -0.2) is 35.7 Å². The van der Waals surface area contributed by atoms with E-state index in [0.717, 1.165) is 38.0 Å². The first-order chi connectivity index (χ1) is 15.5. The van der Waals surface area contributed by atoms with Gasteiger partial charge in [-0.1, -0.05) is 19.9 Å². The Bertz CT molecular complexity index is 1070. The minimum Gasteiger partial charge on any atom is -0.495 e. The van der Waals surface area contributed by atoms with E-state index in [9.17, 15) is 4.79 Å². The topological polar surface area (TPSA) is 58.5 Å². The van der Waals surface area contributed by atoms with Crippen molar-refractivity contribution >= 4 is 23.1 Å². The number of fused-ring (bicyclic) bond motifs is 1. The highest BCUT2D eigenvalue weighted by Crippen LogP contribution is 2.40. The number of rotatable bonds is 7. The van der Waals surface area contributed by atoms with E-state index in [1.165, 1.54) is 21.0 Å². The molecule has 1 unspecified atom stereocenters. The van der Waals surface area contributed by atoms with Crippen LogP contribution in [-0.2, 0) is 13.0 Å². The fourth-order valence-electron chi connectivity index (χ4n) is 4.37. The summed E-state index contributed by atoms with van der Waals surface area (Å²) >= 11 is 1.85. The second-order valence-corrected chi connectivity index (χ2v) is 9.28. The van der Waals surface area contributed by atoms with Crippen molar-refractivity contribution < 1.29 is 9.53 Å². The summed E-state index contributed by atoms with van der Waals surface area (Å²) in [5.41, 5.74) is 4.40. The van der Waals surface area contributed by atoms with Gasteiger partial charge in [0.05, 0.1) is 18.8 Å². The van der Waals surface area contributed by atoms with Gasteiger partial charge in [0.1, 0.15) is 10.8 Å². The zero-order valence-corrected chi connectivity index (χ0v) is 20.1. The molecule has 3 aromatic rings. The van der Waals surface area contributed by atoms with E-state index in [2.05, 4.69) is 46.3 Å². The number of aryl methyl sites for hydroxylation is 1. The molecule has 0 saturated heterocycles. The number of carbonyl (C=O) groups excluding carboxylic acids is 1. The molecule has 3 heterocycles. The predicted octanol–water partition coefficient (Wildman–Crippen LogP) is 5.51. The van der Waals surface area contributed by atoms with Gasteiger partial charge in [0, 0.05) is 35.9 Å². The lowest BCUT2D eigenvalue weighted by atomic mass is 9.96. The predicted molar refractivity (Wildman–Crippen MR) is 131 cm³/mol. The lowest BCUT2D eigenvalue weighted by Gasteiger charge is -2.27. The van der Waals surface area contributed by atoms with Gasteiger partial charge in [0.25, 0.3) is 0 Å². The van der Waals surface area contributed by atoms with E-state index in [4.69, 9.17) is 4.74 Å². The Kier molecular flexibility index (Phi) is 6.86. The number of hydrogen-bond donors (Lipinski definition) is 2. The standard InChI is InChI=1S/C25H32N4O2S/c1-5-19(26-25(30)27-20-15-17(3)9-10-21(20)31-4)23-18-11-14-28(6-2)16-22(18)32-24(23)29-12-7-8-13-29/h7-10,12-13,15,19H,5-6,11,14,16H2,1-4H3,(H2,26,27,30). The Hall–Kier alpha value is -2.77. The quantitative estimate of drug-likeness (QED) is 0.497. The number of nitrogens with zero attached hydrogens (tertiary/aromatic N) is 2. The van der Waals surface area contributed by atoms with Crippen molar-refractivity contribution in [3.05, 3.63) is 64.3 Å². The van der Waals surface area contributed by atoms with Crippen LogP contribution in [0.1, 0.15) is 47.9 Å². The molecule has 0 fully saturated rings. The first-order valence-electron chi connectivity index (χ1n) is 11.3. The van der Waals surface area contributed by atoms with E-state index < -0.39 is 0 Å². The average molecular weight is 453 g/mol. The highest BCUT2D eigenvalue weighted by molar-refractivity contribution is 7.15. The van der Waals surface area contributed by atoms with Gasteiger partial charge in [0.2, 0.25) is 0 Å². The van der Waals surface area contributed by atoms with Crippen LogP contribution in [0.2, 0.25) is 0 Å². The van der Waals surface area contributed by atoms with Crippen LogP contribution in [0, 0.1) is 6.92 Å². The molecule has 4 rings (SSSR count). The van der Waals surface area contributed by atoms with E-state index in [0.29, 0.717) is 11.4 Å². The number of carbonyl (C=O) groups is 1. The van der Waals surface area contributed by atoms with Crippen LogP contribution in [0.5, 0.6) is 5.75 Å². The number of amides is 2. The molecule has 2 aromatic heterocycles. The maximum atomic E-state index is 13.0. The SMILES string of the molecule is CCC(NC(=O)Nc1cc(C)ccc1OC)c1c(-n2cccc2)sc2c1CCN(CC)C2. The third kappa shape index (κ3) is 4.54. The number of benzene rings is 1. The molecule has 1 atom stereocenters. The molecular weight excluding hydrogens is 420 g/mol. The van der Waals surface area contributed by atoms with Gasteiger partial charge in [0.15, 0.2) is 0 Å². The molecule has 2 N–H and O–H groups in total. The summed E-state index contributed by atoms with van der Waals surface area (Å²) in [5.74, 6) is 0.652. The van der Waals surface area contributed by atoms with Crippen molar-refractivity contribution in [2.45, 2.75) is 46.2 Å². The van der Waals surface area contributed by atoms with Crippen molar-refractivity contribution in [2.24, 2.45) is 0 Å². The zero-order chi connectivity index (χ0) is 22.7. The van der Waals surface area contributed by atoms with Crippen molar-refractivity contribution in [1.82, 2.24) is 14.8 Å². The first-order valence-corrected chi connectivity index (χ1v) is 12.1. The molecule has 2 amide bonds. The number of aromatic nitrogens is 1. The summed E-state index contributed by atoms with van der Waals surface area (Å²) < 4.78 is 7.60. The molecule has 0 radical (unpaired) electrons. The molecule has 0 saturated carbocycles. The molecule has 32 heavy (non-hydrogen) atoms. The number of ether oxygens (including phenoxy) is 1. The molecule has 170 valence electrons. The van der Waals surface area contributed by atoms with Crippen molar-refractivity contribution in [2.75, 3.05) is 25.5 Å². The highest BCUT2D eigenvalue weighted by atomic mass is 32.1. The van der Waals surface area contributed by atoms with E-state index in [1.54, 1.807) is 7.11 Å². The maximum absolute atomic E-state index is 13.0.